The third-order valence-corrected chi connectivity index (χ3v) is 7.56. The van der Waals surface area contributed by atoms with Crippen molar-refractivity contribution in [1.82, 2.24) is 0 Å². The Morgan fingerprint density at radius 2 is 2.03 bits per heavy atom. The van der Waals surface area contributed by atoms with E-state index in [0.29, 0.717) is 11.8 Å². The van der Waals surface area contributed by atoms with Gasteiger partial charge in [0.05, 0.1) is 0 Å². The molecule has 1 saturated carbocycles. The van der Waals surface area contributed by atoms with E-state index in [1.807, 2.05) is 19.9 Å². The summed E-state index contributed by atoms with van der Waals surface area (Å²) in [5.74, 6) is 1.81. The summed E-state index contributed by atoms with van der Waals surface area (Å²) in [6, 6.07) is 0. The molecule has 0 saturated heterocycles. The minimum Gasteiger partial charge on any atom is -0.283 e. The lowest BCUT2D eigenvalue weighted by Gasteiger charge is -2.18. The van der Waals surface area contributed by atoms with Gasteiger partial charge in [-0.15, -0.1) is 0 Å². The zero-order valence-corrected chi connectivity index (χ0v) is 22.4. The van der Waals surface area contributed by atoms with Crippen LogP contribution in [-0.4, -0.2) is 17.4 Å². The van der Waals surface area contributed by atoms with Gasteiger partial charge in [0.25, 0.3) is 0 Å². The van der Waals surface area contributed by atoms with E-state index < -0.39 is 0 Å². The summed E-state index contributed by atoms with van der Waals surface area (Å²) in [4.78, 5) is 9.69. The van der Waals surface area contributed by atoms with Crippen LogP contribution in [0.2, 0.25) is 0 Å². The second-order valence-corrected chi connectivity index (χ2v) is 10.3. The monoisotopic (exact) mass is 519 g/mol. The number of hydrogen-bond acceptors (Lipinski definition) is 1. The highest BCUT2D eigenvalue weighted by Crippen LogP contribution is 2.61. The molecular weight excluding hydrogens is 482 g/mol. The number of fused-ring (bicyclic) bond motifs is 1. The highest BCUT2D eigenvalue weighted by Gasteiger charge is 2.52. The van der Waals surface area contributed by atoms with Gasteiger partial charge in [-0.2, -0.15) is 0 Å². The van der Waals surface area contributed by atoms with Gasteiger partial charge in [0, 0.05) is 21.5 Å². The largest absolute Gasteiger partial charge is 0.283 e. The summed E-state index contributed by atoms with van der Waals surface area (Å²) >= 11 is 3.55. The topological polar surface area (TPSA) is 48.6 Å². The maximum Gasteiger partial charge on any atom is 0.149 e. The zero-order valence-electron chi connectivity index (χ0n) is 20.9. The molecule has 0 bridgehead atoms. The van der Waals surface area contributed by atoms with Crippen LogP contribution in [0.15, 0.2) is 93.0 Å². The van der Waals surface area contributed by atoms with Crippen molar-refractivity contribution < 1.29 is 0 Å². The lowest BCUT2D eigenvalue weighted by molar-refractivity contribution is 0.663. The van der Waals surface area contributed by atoms with Crippen molar-refractivity contribution in [2.45, 2.75) is 65.7 Å². The normalized spacial score (nSPS) is 26.6. The van der Waals surface area contributed by atoms with Gasteiger partial charge in [-0.1, -0.05) is 88.8 Å². The van der Waals surface area contributed by atoms with E-state index in [2.05, 4.69) is 84.1 Å². The van der Waals surface area contributed by atoms with E-state index >= 15 is 0 Å². The molecule has 1 fully saturated rings. The Morgan fingerprint density at radius 1 is 1.21 bits per heavy atom. The molecule has 4 heteroatoms. The molecule has 0 aliphatic heterocycles. The molecule has 0 heterocycles. The second-order valence-electron chi connectivity index (χ2n) is 9.43. The van der Waals surface area contributed by atoms with E-state index in [4.69, 9.17) is 15.4 Å². The molecule has 3 aliphatic carbocycles. The number of nitrogens with one attached hydrogen (secondary N) is 1. The van der Waals surface area contributed by atoms with Crippen molar-refractivity contribution in [3.63, 3.8) is 0 Å². The van der Waals surface area contributed by atoms with Crippen molar-refractivity contribution in [3.05, 3.63) is 83.0 Å². The number of hydrogen-bond donors (Lipinski definition) is 1. The van der Waals surface area contributed by atoms with Gasteiger partial charge >= 0.3 is 0 Å². The van der Waals surface area contributed by atoms with Crippen LogP contribution in [0.25, 0.3) is 0 Å². The molecule has 0 aromatic heterocycles. The van der Waals surface area contributed by atoms with Gasteiger partial charge in [-0.05, 0) is 77.2 Å². The molecule has 0 aromatic carbocycles. The average molecular weight is 521 g/mol. The van der Waals surface area contributed by atoms with E-state index in [1.54, 1.807) is 0 Å². The fraction of sp³-hybridized carbons (Fsp3) is 0.433. The van der Waals surface area contributed by atoms with Crippen LogP contribution >= 0.6 is 15.9 Å². The predicted molar refractivity (Wildman–Crippen MR) is 152 cm³/mol. The van der Waals surface area contributed by atoms with Crippen molar-refractivity contribution in [2.24, 2.45) is 27.2 Å². The van der Waals surface area contributed by atoms with Crippen molar-refractivity contribution in [3.8, 4) is 0 Å². The number of rotatable bonds is 10. The first-order valence-corrected chi connectivity index (χ1v) is 13.2. The van der Waals surface area contributed by atoms with Gasteiger partial charge in [-0.3, -0.25) is 5.41 Å². The van der Waals surface area contributed by atoms with Crippen LogP contribution in [0.3, 0.4) is 0 Å². The minimum atomic E-state index is 0.0884. The molecule has 0 spiro atoms. The third kappa shape index (κ3) is 6.85. The minimum absolute atomic E-state index is 0.0884. The lowest BCUT2D eigenvalue weighted by Crippen LogP contribution is -2.16. The first-order valence-electron chi connectivity index (χ1n) is 12.5. The molecule has 0 radical (unpaired) electrons. The van der Waals surface area contributed by atoms with Gasteiger partial charge < -0.3 is 0 Å². The molecule has 1 N–H and O–H groups in total. The number of aliphatic imine (C=N–C) groups is 2. The number of amidine groups is 2. The second kappa shape index (κ2) is 12.4. The van der Waals surface area contributed by atoms with Crippen molar-refractivity contribution in [2.75, 3.05) is 0 Å². The smallest absolute Gasteiger partial charge is 0.149 e. The Bertz CT molecular complexity index is 1030. The van der Waals surface area contributed by atoms with Gasteiger partial charge in [-0.25, -0.2) is 9.98 Å². The summed E-state index contributed by atoms with van der Waals surface area (Å²) in [5.41, 5.74) is 3.61. The summed E-state index contributed by atoms with van der Waals surface area (Å²) in [5, 5.41) is 8.63. The van der Waals surface area contributed by atoms with Gasteiger partial charge in [0.2, 0.25) is 0 Å². The van der Waals surface area contributed by atoms with Crippen LogP contribution in [0.4, 0.5) is 0 Å². The van der Waals surface area contributed by atoms with Crippen molar-refractivity contribution >= 4 is 33.3 Å². The Labute approximate surface area is 214 Å². The molecule has 2 unspecified atom stereocenters. The fourth-order valence-electron chi connectivity index (χ4n) is 4.70. The molecule has 0 amide bonds. The maximum absolute atomic E-state index is 8.63. The summed E-state index contributed by atoms with van der Waals surface area (Å²) < 4.78 is 1.09. The van der Waals surface area contributed by atoms with Crippen LogP contribution < -0.4 is 0 Å². The Hall–Kier alpha value is -2.33. The first-order chi connectivity index (χ1) is 16.4. The van der Waals surface area contributed by atoms with E-state index in [0.717, 1.165) is 60.1 Å². The van der Waals surface area contributed by atoms with Crippen molar-refractivity contribution in [1.29, 1.82) is 5.41 Å². The molecule has 180 valence electrons. The molecule has 3 rings (SSSR count). The summed E-state index contributed by atoms with van der Waals surface area (Å²) in [6.07, 6.45) is 28.3. The fourth-order valence-corrected chi connectivity index (χ4v) is 5.04. The molecular formula is C30H38BrN3. The van der Waals surface area contributed by atoms with E-state index in [-0.39, 0.29) is 11.3 Å². The van der Waals surface area contributed by atoms with Crippen LogP contribution in [0.5, 0.6) is 0 Å². The molecule has 0 aromatic rings. The van der Waals surface area contributed by atoms with Gasteiger partial charge in [0.15, 0.2) is 0 Å². The predicted octanol–water partition coefficient (Wildman–Crippen LogP) is 8.84. The highest BCUT2D eigenvalue weighted by atomic mass is 79.9. The highest BCUT2D eigenvalue weighted by molar-refractivity contribution is 9.11. The molecule has 3 aliphatic rings. The quantitative estimate of drug-likeness (QED) is 0.170. The number of halogens is 1. The van der Waals surface area contributed by atoms with Gasteiger partial charge in [0.1, 0.15) is 11.7 Å². The maximum atomic E-state index is 8.63. The van der Waals surface area contributed by atoms with Crippen LogP contribution in [0.1, 0.15) is 65.7 Å². The van der Waals surface area contributed by atoms with E-state index in [9.17, 15) is 0 Å². The zero-order chi connectivity index (χ0) is 24.6. The molecule has 3 nitrogen and oxygen atoms in total. The van der Waals surface area contributed by atoms with Crippen LogP contribution in [-0.2, 0) is 0 Å². The Morgan fingerprint density at radius 3 is 2.71 bits per heavy atom. The Kier molecular flexibility index (Phi) is 9.58. The van der Waals surface area contributed by atoms with E-state index in [1.165, 1.54) is 12.0 Å². The number of allylic oxidation sites excluding steroid dienone is 11. The summed E-state index contributed by atoms with van der Waals surface area (Å²) in [7, 11) is 0. The van der Waals surface area contributed by atoms with Crippen LogP contribution in [0, 0.1) is 22.7 Å². The first kappa shape index (κ1) is 26.3. The standard InChI is InChI=1S/C30H38BrN3/c1-5-7-8-14-24(6-2)28(32)34-29(25-16-18-27(31)19-17-25)33-23(4)13-11-12-22(3)30-20-10-9-15-26(30)21-30/h5-7,9-10,15-16,18-20,25-26,32H,3,8,11-14,17,21H2,1-2,4H3/b7-5+,24-6+,32-28?,33-23+,34-29-/t25?,26-,30?/m0/s1. The lowest BCUT2D eigenvalue weighted by atomic mass is 9.88. The Balaban J connectivity index is 1.66. The number of nitrogens with zero attached hydrogens (tertiary/aromatic N) is 2. The summed E-state index contributed by atoms with van der Waals surface area (Å²) in [6.45, 7) is 10.5. The third-order valence-electron chi connectivity index (χ3n) is 6.97. The average Bonchev–Trinajstić information content (AvgIpc) is 3.58. The molecule has 34 heavy (non-hydrogen) atoms. The molecule has 3 atom stereocenters. The SMILES string of the molecule is C=C(CCC/C(C)=N/C(=N\C(=N)/C(=C/C)CC/C=C/C)C1C=CC(Br)=CC1)C12C=CC=C[C@H]1C2.